The molecule has 26 heavy (non-hydrogen) atoms. The third-order valence-electron chi connectivity index (χ3n) is 4.05. The van der Waals surface area contributed by atoms with Crippen molar-refractivity contribution in [3.63, 3.8) is 0 Å². The number of rotatable bonds is 9. The number of ether oxygens (including phenoxy) is 3. The lowest BCUT2D eigenvalue weighted by atomic mass is 10.0. The Labute approximate surface area is 174 Å². The van der Waals surface area contributed by atoms with E-state index in [9.17, 15) is 0 Å². The summed E-state index contributed by atoms with van der Waals surface area (Å²) in [6, 6.07) is 5.94. The number of fused-ring (bicyclic) bond motifs is 1. The standard InChI is InChI=1S/C19H31N3O3.HI/c1-5-20-19(21-10-9-16(14(3)4)23-6-2)22-12-15-7-8-17-18(11-15)25-13-24-17;/h7-8,11,14,16H,5-6,9-10,12-13H2,1-4H3,(H2,20,21,22);1H. The molecule has 0 spiro atoms. The molecule has 1 heterocycles. The fourth-order valence-electron chi connectivity index (χ4n) is 2.71. The first-order chi connectivity index (χ1) is 12.1. The van der Waals surface area contributed by atoms with Gasteiger partial charge in [-0.2, -0.15) is 0 Å². The summed E-state index contributed by atoms with van der Waals surface area (Å²) in [6.45, 7) is 11.8. The molecule has 0 bridgehead atoms. The quantitative estimate of drug-likeness (QED) is 0.324. The zero-order valence-electron chi connectivity index (χ0n) is 16.2. The second-order valence-corrected chi connectivity index (χ2v) is 6.34. The van der Waals surface area contributed by atoms with Gasteiger partial charge in [0.1, 0.15) is 0 Å². The van der Waals surface area contributed by atoms with E-state index in [0.29, 0.717) is 19.3 Å². The monoisotopic (exact) mass is 477 g/mol. The highest BCUT2D eigenvalue weighted by Crippen LogP contribution is 2.32. The van der Waals surface area contributed by atoms with Crippen LogP contribution in [0.5, 0.6) is 11.5 Å². The van der Waals surface area contributed by atoms with Crippen LogP contribution in [-0.2, 0) is 11.3 Å². The van der Waals surface area contributed by atoms with Crippen molar-refractivity contribution in [2.75, 3.05) is 26.5 Å². The lowest BCUT2D eigenvalue weighted by molar-refractivity contribution is 0.0258. The minimum atomic E-state index is 0. The summed E-state index contributed by atoms with van der Waals surface area (Å²) in [6.07, 6.45) is 1.23. The van der Waals surface area contributed by atoms with Gasteiger partial charge in [-0.3, -0.25) is 0 Å². The predicted molar refractivity (Wildman–Crippen MR) is 116 cm³/mol. The first-order valence-electron chi connectivity index (χ1n) is 9.16. The van der Waals surface area contributed by atoms with Gasteiger partial charge in [-0.25, -0.2) is 4.99 Å². The van der Waals surface area contributed by atoms with Gasteiger partial charge < -0.3 is 24.8 Å². The van der Waals surface area contributed by atoms with Gasteiger partial charge in [-0.15, -0.1) is 24.0 Å². The van der Waals surface area contributed by atoms with Crippen molar-refractivity contribution < 1.29 is 14.2 Å². The maximum absolute atomic E-state index is 5.79. The molecular formula is C19H32IN3O3. The molecule has 148 valence electrons. The summed E-state index contributed by atoms with van der Waals surface area (Å²) >= 11 is 0. The normalized spacial score (nSPS) is 14.1. The number of guanidine groups is 1. The van der Waals surface area contributed by atoms with Gasteiger partial charge in [0, 0.05) is 19.7 Å². The Bertz CT molecular complexity index is 567. The summed E-state index contributed by atoms with van der Waals surface area (Å²) in [5, 5.41) is 6.67. The van der Waals surface area contributed by atoms with Crippen LogP contribution in [0.1, 0.15) is 39.7 Å². The van der Waals surface area contributed by atoms with Crippen LogP contribution in [0.2, 0.25) is 0 Å². The molecule has 0 saturated carbocycles. The number of hydrogen-bond donors (Lipinski definition) is 2. The van der Waals surface area contributed by atoms with E-state index in [1.54, 1.807) is 0 Å². The number of nitrogens with zero attached hydrogens (tertiary/aromatic N) is 1. The second kappa shape index (κ2) is 12.2. The van der Waals surface area contributed by atoms with Gasteiger partial charge in [0.2, 0.25) is 6.79 Å². The maximum atomic E-state index is 5.79. The molecule has 2 N–H and O–H groups in total. The highest BCUT2D eigenvalue weighted by Gasteiger charge is 2.14. The summed E-state index contributed by atoms with van der Waals surface area (Å²) in [5.41, 5.74) is 1.09. The Morgan fingerprint density at radius 1 is 1.19 bits per heavy atom. The Kier molecular flexibility index (Phi) is 10.7. The highest BCUT2D eigenvalue weighted by molar-refractivity contribution is 14.0. The zero-order chi connectivity index (χ0) is 18.1. The summed E-state index contributed by atoms with van der Waals surface area (Å²) in [4.78, 5) is 4.65. The molecule has 0 radical (unpaired) electrons. The van der Waals surface area contributed by atoms with E-state index in [0.717, 1.165) is 49.1 Å². The van der Waals surface area contributed by atoms with Crippen molar-refractivity contribution >= 4 is 29.9 Å². The fraction of sp³-hybridized carbons (Fsp3) is 0.632. The third kappa shape index (κ3) is 7.19. The van der Waals surface area contributed by atoms with Crippen LogP contribution in [-0.4, -0.2) is 38.6 Å². The average Bonchev–Trinajstić information content (AvgIpc) is 3.06. The minimum Gasteiger partial charge on any atom is -0.454 e. The number of hydrogen-bond acceptors (Lipinski definition) is 4. The summed E-state index contributed by atoms with van der Waals surface area (Å²) in [7, 11) is 0. The van der Waals surface area contributed by atoms with Gasteiger partial charge in [0.25, 0.3) is 0 Å². The van der Waals surface area contributed by atoms with Gasteiger partial charge >= 0.3 is 0 Å². The molecule has 1 aromatic rings. The Hall–Kier alpha value is -1.22. The summed E-state index contributed by atoms with van der Waals surface area (Å²) in [5.74, 6) is 2.92. The number of benzene rings is 1. The van der Waals surface area contributed by atoms with Crippen molar-refractivity contribution in [1.29, 1.82) is 0 Å². The molecule has 6 nitrogen and oxygen atoms in total. The van der Waals surface area contributed by atoms with E-state index in [4.69, 9.17) is 14.2 Å². The Morgan fingerprint density at radius 2 is 1.96 bits per heavy atom. The van der Waals surface area contributed by atoms with Crippen molar-refractivity contribution in [3.8, 4) is 11.5 Å². The molecule has 0 aliphatic carbocycles. The molecule has 7 heteroatoms. The minimum absolute atomic E-state index is 0. The van der Waals surface area contributed by atoms with E-state index in [1.807, 2.05) is 25.1 Å². The van der Waals surface area contributed by atoms with Crippen LogP contribution in [0.4, 0.5) is 0 Å². The third-order valence-corrected chi connectivity index (χ3v) is 4.05. The SMILES string of the molecule is CCNC(=NCc1ccc2c(c1)OCO2)NCCC(OCC)C(C)C.I. The molecule has 0 aromatic heterocycles. The topological polar surface area (TPSA) is 64.1 Å². The predicted octanol–water partition coefficient (Wildman–Crippen LogP) is 3.54. The average molecular weight is 477 g/mol. The van der Waals surface area contributed by atoms with Crippen LogP contribution in [0.3, 0.4) is 0 Å². The molecular weight excluding hydrogens is 445 g/mol. The molecule has 0 saturated heterocycles. The molecule has 2 rings (SSSR count). The van der Waals surface area contributed by atoms with Crippen LogP contribution in [0.25, 0.3) is 0 Å². The van der Waals surface area contributed by atoms with Crippen molar-refractivity contribution in [1.82, 2.24) is 10.6 Å². The van der Waals surface area contributed by atoms with E-state index >= 15 is 0 Å². The van der Waals surface area contributed by atoms with Crippen LogP contribution in [0.15, 0.2) is 23.2 Å². The molecule has 0 fully saturated rings. The second-order valence-electron chi connectivity index (χ2n) is 6.34. The van der Waals surface area contributed by atoms with Crippen molar-refractivity contribution in [2.45, 2.75) is 46.8 Å². The van der Waals surface area contributed by atoms with E-state index in [2.05, 4.69) is 36.4 Å². The Balaban J connectivity index is 0.00000338. The summed E-state index contributed by atoms with van der Waals surface area (Å²) < 4.78 is 16.5. The molecule has 1 aromatic carbocycles. The first-order valence-corrected chi connectivity index (χ1v) is 9.16. The number of aliphatic imine (C=N–C) groups is 1. The van der Waals surface area contributed by atoms with Gasteiger partial charge in [0.15, 0.2) is 17.5 Å². The fourth-order valence-corrected chi connectivity index (χ4v) is 2.71. The first kappa shape index (κ1) is 22.8. The van der Waals surface area contributed by atoms with Crippen molar-refractivity contribution in [3.05, 3.63) is 23.8 Å². The van der Waals surface area contributed by atoms with Crippen LogP contribution in [0, 0.1) is 5.92 Å². The number of nitrogens with one attached hydrogen (secondary N) is 2. The largest absolute Gasteiger partial charge is 0.454 e. The number of halogens is 1. The smallest absolute Gasteiger partial charge is 0.231 e. The van der Waals surface area contributed by atoms with Crippen LogP contribution >= 0.6 is 24.0 Å². The van der Waals surface area contributed by atoms with Crippen molar-refractivity contribution in [2.24, 2.45) is 10.9 Å². The molecule has 1 aliphatic rings. The van der Waals surface area contributed by atoms with Gasteiger partial charge in [-0.05, 0) is 43.9 Å². The maximum Gasteiger partial charge on any atom is 0.231 e. The van der Waals surface area contributed by atoms with Gasteiger partial charge in [0.05, 0.1) is 12.6 Å². The highest BCUT2D eigenvalue weighted by atomic mass is 127. The van der Waals surface area contributed by atoms with E-state index < -0.39 is 0 Å². The molecule has 0 amide bonds. The zero-order valence-corrected chi connectivity index (χ0v) is 18.5. The van der Waals surface area contributed by atoms with Crippen LogP contribution < -0.4 is 20.1 Å². The molecule has 1 aliphatic heterocycles. The van der Waals surface area contributed by atoms with Gasteiger partial charge in [-0.1, -0.05) is 19.9 Å². The molecule has 1 unspecified atom stereocenters. The lowest BCUT2D eigenvalue weighted by Crippen LogP contribution is -2.39. The molecule has 1 atom stereocenters. The lowest BCUT2D eigenvalue weighted by Gasteiger charge is -2.21. The van der Waals surface area contributed by atoms with E-state index in [1.165, 1.54) is 0 Å². The van der Waals surface area contributed by atoms with E-state index in [-0.39, 0.29) is 30.1 Å². The Morgan fingerprint density at radius 3 is 2.65 bits per heavy atom.